The van der Waals surface area contributed by atoms with Gasteiger partial charge in [0.2, 0.25) is 0 Å². The van der Waals surface area contributed by atoms with Gasteiger partial charge in [-0.3, -0.25) is 0 Å². The smallest absolute Gasteiger partial charge is 0.176 e. The molecule has 10 heavy (non-hydrogen) atoms. The highest BCUT2D eigenvalue weighted by molar-refractivity contribution is 5.64. The highest BCUT2D eigenvalue weighted by atomic mass is 15.0. The van der Waals surface area contributed by atoms with Gasteiger partial charge in [-0.05, 0) is 13.0 Å². The van der Waals surface area contributed by atoms with Crippen molar-refractivity contribution in [3.05, 3.63) is 18.6 Å². The molecule has 0 radical (unpaired) electrons. The SMILES string of the molecule is C=Cc1[nH]cnc1N=CC. The summed E-state index contributed by atoms with van der Waals surface area (Å²) >= 11 is 0. The van der Waals surface area contributed by atoms with E-state index in [1.807, 2.05) is 6.92 Å². The van der Waals surface area contributed by atoms with Crippen LogP contribution in [0.1, 0.15) is 12.6 Å². The maximum Gasteiger partial charge on any atom is 0.176 e. The molecule has 1 aromatic rings. The Bertz CT molecular complexity index is 247. The number of hydrogen-bond acceptors (Lipinski definition) is 2. The van der Waals surface area contributed by atoms with Crippen molar-refractivity contribution in [3.8, 4) is 0 Å². The van der Waals surface area contributed by atoms with Crippen molar-refractivity contribution in [1.29, 1.82) is 0 Å². The Morgan fingerprint density at radius 2 is 2.60 bits per heavy atom. The quantitative estimate of drug-likeness (QED) is 0.617. The molecule has 1 rings (SSSR count). The van der Waals surface area contributed by atoms with Crippen molar-refractivity contribution in [3.63, 3.8) is 0 Å². The molecule has 1 heterocycles. The number of aromatic nitrogens is 2. The van der Waals surface area contributed by atoms with Gasteiger partial charge in [0.05, 0.1) is 12.0 Å². The van der Waals surface area contributed by atoms with Crippen molar-refractivity contribution < 1.29 is 0 Å². The molecule has 3 heteroatoms. The summed E-state index contributed by atoms with van der Waals surface area (Å²) in [6, 6.07) is 0. The van der Waals surface area contributed by atoms with Gasteiger partial charge in [-0.1, -0.05) is 6.58 Å². The van der Waals surface area contributed by atoms with E-state index in [2.05, 4.69) is 21.5 Å². The molecule has 0 saturated heterocycles. The van der Waals surface area contributed by atoms with E-state index in [4.69, 9.17) is 0 Å². The highest BCUT2D eigenvalue weighted by Crippen LogP contribution is 2.12. The molecule has 3 nitrogen and oxygen atoms in total. The third kappa shape index (κ3) is 1.13. The van der Waals surface area contributed by atoms with E-state index in [0.29, 0.717) is 5.82 Å². The van der Waals surface area contributed by atoms with E-state index in [9.17, 15) is 0 Å². The molecule has 1 N–H and O–H groups in total. The molecule has 0 spiro atoms. The molecule has 0 aliphatic heterocycles. The molecule has 0 atom stereocenters. The maximum atomic E-state index is 4.00. The van der Waals surface area contributed by atoms with E-state index in [-0.39, 0.29) is 0 Å². The van der Waals surface area contributed by atoms with Crippen LogP contribution in [-0.4, -0.2) is 16.2 Å². The second-order valence-corrected chi connectivity index (χ2v) is 1.73. The van der Waals surface area contributed by atoms with Gasteiger partial charge >= 0.3 is 0 Å². The number of aliphatic imine (C=N–C) groups is 1. The minimum atomic E-state index is 0.692. The van der Waals surface area contributed by atoms with Crippen LogP contribution in [0.2, 0.25) is 0 Å². The minimum absolute atomic E-state index is 0.692. The molecule has 0 saturated carbocycles. The average molecular weight is 135 g/mol. The van der Waals surface area contributed by atoms with Crippen molar-refractivity contribution in [2.75, 3.05) is 0 Å². The molecular weight excluding hydrogens is 126 g/mol. The topological polar surface area (TPSA) is 41.0 Å². The zero-order chi connectivity index (χ0) is 7.40. The van der Waals surface area contributed by atoms with Crippen LogP contribution >= 0.6 is 0 Å². The second-order valence-electron chi connectivity index (χ2n) is 1.73. The van der Waals surface area contributed by atoms with E-state index < -0.39 is 0 Å². The zero-order valence-electron chi connectivity index (χ0n) is 5.83. The summed E-state index contributed by atoms with van der Waals surface area (Å²) in [4.78, 5) is 10.8. The first-order valence-electron chi connectivity index (χ1n) is 3.03. The normalized spacial score (nSPS) is 10.5. The van der Waals surface area contributed by atoms with Crippen molar-refractivity contribution in [1.82, 2.24) is 9.97 Å². The van der Waals surface area contributed by atoms with Crippen LogP contribution in [0.25, 0.3) is 6.08 Å². The fraction of sp³-hybridized carbons (Fsp3) is 0.143. The molecular formula is C7H9N3. The van der Waals surface area contributed by atoms with Crippen molar-refractivity contribution in [2.24, 2.45) is 4.99 Å². The average Bonchev–Trinajstić information content (AvgIpc) is 2.36. The van der Waals surface area contributed by atoms with Crippen LogP contribution in [0.3, 0.4) is 0 Å². The van der Waals surface area contributed by atoms with Crippen LogP contribution in [0, 0.1) is 0 Å². The standard InChI is InChI=1S/C7H9N3/c1-3-6-7(8-4-2)10-5-9-6/h3-5H,1H2,2H3,(H,9,10). The highest BCUT2D eigenvalue weighted by Gasteiger charge is 1.95. The first-order valence-corrected chi connectivity index (χ1v) is 3.03. The Hall–Kier alpha value is -1.38. The first kappa shape index (κ1) is 6.74. The Morgan fingerprint density at radius 1 is 1.80 bits per heavy atom. The Labute approximate surface area is 59.5 Å². The van der Waals surface area contributed by atoms with Crippen molar-refractivity contribution in [2.45, 2.75) is 6.92 Å². The third-order valence-corrected chi connectivity index (χ3v) is 1.10. The summed E-state index contributed by atoms with van der Waals surface area (Å²) in [5, 5.41) is 0. The Balaban J connectivity index is 3.00. The molecule has 0 aliphatic rings. The molecule has 0 bridgehead atoms. The number of hydrogen-bond donors (Lipinski definition) is 1. The van der Waals surface area contributed by atoms with Gasteiger partial charge in [-0.15, -0.1) is 0 Å². The lowest BCUT2D eigenvalue weighted by Gasteiger charge is -1.85. The fourth-order valence-corrected chi connectivity index (χ4v) is 0.672. The van der Waals surface area contributed by atoms with Crippen LogP contribution in [0.5, 0.6) is 0 Å². The number of imidazole rings is 1. The first-order chi connectivity index (χ1) is 4.88. The lowest BCUT2D eigenvalue weighted by atomic mass is 10.4. The van der Waals surface area contributed by atoms with E-state index in [0.717, 1.165) is 5.69 Å². The number of rotatable bonds is 2. The Morgan fingerprint density at radius 3 is 3.20 bits per heavy atom. The molecule has 0 aromatic carbocycles. The number of nitrogens with zero attached hydrogens (tertiary/aromatic N) is 2. The summed E-state index contributed by atoms with van der Waals surface area (Å²) in [7, 11) is 0. The zero-order valence-corrected chi connectivity index (χ0v) is 5.83. The van der Waals surface area contributed by atoms with Crippen LogP contribution < -0.4 is 0 Å². The van der Waals surface area contributed by atoms with Gasteiger partial charge in [0.25, 0.3) is 0 Å². The number of aromatic amines is 1. The minimum Gasteiger partial charge on any atom is -0.343 e. The fourth-order valence-electron chi connectivity index (χ4n) is 0.672. The molecule has 0 unspecified atom stereocenters. The molecule has 52 valence electrons. The predicted molar refractivity (Wildman–Crippen MR) is 42.5 cm³/mol. The van der Waals surface area contributed by atoms with Gasteiger partial charge in [-0.25, -0.2) is 9.98 Å². The van der Waals surface area contributed by atoms with E-state index in [1.165, 1.54) is 0 Å². The third-order valence-electron chi connectivity index (χ3n) is 1.10. The molecule has 0 aliphatic carbocycles. The monoisotopic (exact) mass is 135 g/mol. The summed E-state index contributed by atoms with van der Waals surface area (Å²) in [6.45, 7) is 5.45. The predicted octanol–water partition coefficient (Wildman–Crippen LogP) is 1.77. The lowest BCUT2D eigenvalue weighted by Crippen LogP contribution is -1.69. The van der Waals surface area contributed by atoms with Gasteiger partial charge in [-0.2, -0.15) is 0 Å². The van der Waals surface area contributed by atoms with Gasteiger partial charge in [0, 0.05) is 6.21 Å². The number of nitrogens with one attached hydrogen (secondary N) is 1. The number of H-pyrrole nitrogens is 1. The Kier molecular flexibility index (Phi) is 1.99. The van der Waals surface area contributed by atoms with Gasteiger partial charge < -0.3 is 4.98 Å². The largest absolute Gasteiger partial charge is 0.343 e. The van der Waals surface area contributed by atoms with Gasteiger partial charge in [0.15, 0.2) is 5.82 Å². The maximum absolute atomic E-state index is 4.00. The van der Waals surface area contributed by atoms with Crippen LogP contribution in [0.4, 0.5) is 5.82 Å². The second kappa shape index (κ2) is 2.96. The van der Waals surface area contributed by atoms with Gasteiger partial charge in [0.1, 0.15) is 0 Å². The summed E-state index contributed by atoms with van der Waals surface area (Å²) < 4.78 is 0. The lowest BCUT2D eigenvalue weighted by molar-refractivity contribution is 1.30. The van der Waals surface area contributed by atoms with E-state index in [1.54, 1.807) is 18.6 Å². The van der Waals surface area contributed by atoms with Crippen LogP contribution in [-0.2, 0) is 0 Å². The van der Waals surface area contributed by atoms with E-state index >= 15 is 0 Å². The van der Waals surface area contributed by atoms with Crippen molar-refractivity contribution >= 4 is 18.1 Å². The summed E-state index contributed by atoms with van der Waals surface area (Å²) in [5.41, 5.74) is 0.859. The molecule has 0 fully saturated rings. The molecule has 1 aromatic heterocycles. The summed E-state index contributed by atoms with van der Waals surface area (Å²) in [5.74, 6) is 0.692. The molecule has 0 amide bonds. The van der Waals surface area contributed by atoms with Crippen LogP contribution in [0.15, 0.2) is 17.9 Å². The summed E-state index contributed by atoms with van der Waals surface area (Å²) in [6.07, 6.45) is 4.98.